The van der Waals surface area contributed by atoms with E-state index in [1.807, 2.05) is 12.4 Å². The van der Waals surface area contributed by atoms with Gasteiger partial charge in [0, 0.05) is 18.4 Å². The Bertz CT molecular complexity index is 245. The molecule has 1 aliphatic rings. The summed E-state index contributed by atoms with van der Waals surface area (Å²) in [4.78, 5) is 4.03. The molecule has 0 saturated heterocycles. The SMILES string of the molecule is NC1CCc2ccncc21. The molecule has 0 bridgehead atoms. The van der Waals surface area contributed by atoms with Gasteiger partial charge in [-0.15, -0.1) is 0 Å². The van der Waals surface area contributed by atoms with Crippen LogP contribution in [0.2, 0.25) is 0 Å². The zero-order valence-corrected chi connectivity index (χ0v) is 5.75. The first-order chi connectivity index (χ1) is 4.88. The van der Waals surface area contributed by atoms with E-state index in [0.29, 0.717) is 0 Å². The van der Waals surface area contributed by atoms with Gasteiger partial charge in [-0.3, -0.25) is 4.98 Å². The fraction of sp³-hybridized carbons (Fsp3) is 0.375. The Morgan fingerprint density at radius 1 is 1.60 bits per heavy atom. The lowest BCUT2D eigenvalue weighted by molar-refractivity contribution is 0.712. The first-order valence-electron chi connectivity index (χ1n) is 3.56. The van der Waals surface area contributed by atoms with Crippen LogP contribution in [0.3, 0.4) is 0 Å². The Hall–Kier alpha value is -0.890. The van der Waals surface area contributed by atoms with Gasteiger partial charge in [0.05, 0.1) is 0 Å². The maximum atomic E-state index is 5.81. The predicted molar refractivity (Wildman–Crippen MR) is 39.5 cm³/mol. The van der Waals surface area contributed by atoms with E-state index in [2.05, 4.69) is 11.1 Å². The molecule has 2 nitrogen and oxygen atoms in total. The number of nitrogens with two attached hydrogens (primary N) is 1. The van der Waals surface area contributed by atoms with Crippen LogP contribution >= 0.6 is 0 Å². The summed E-state index contributed by atoms with van der Waals surface area (Å²) in [5.74, 6) is 0. The van der Waals surface area contributed by atoms with Crippen molar-refractivity contribution in [3.05, 3.63) is 29.6 Å². The zero-order chi connectivity index (χ0) is 6.97. The van der Waals surface area contributed by atoms with Crippen molar-refractivity contribution in [2.24, 2.45) is 5.73 Å². The van der Waals surface area contributed by atoms with Gasteiger partial charge in [0.25, 0.3) is 0 Å². The van der Waals surface area contributed by atoms with Crippen molar-refractivity contribution in [2.45, 2.75) is 18.9 Å². The quantitative estimate of drug-likeness (QED) is 0.575. The lowest BCUT2D eigenvalue weighted by Crippen LogP contribution is -2.04. The van der Waals surface area contributed by atoms with Crippen LogP contribution in [0.5, 0.6) is 0 Å². The third-order valence-electron chi connectivity index (χ3n) is 2.07. The molecule has 2 rings (SSSR count). The lowest BCUT2D eigenvalue weighted by Gasteiger charge is -2.00. The van der Waals surface area contributed by atoms with Crippen LogP contribution in [-0.4, -0.2) is 4.98 Å². The standard InChI is InChI=1S/C8H10N2/c9-8-2-1-6-3-4-10-5-7(6)8/h3-5,8H,1-2,9H2. The van der Waals surface area contributed by atoms with Gasteiger partial charge in [0.1, 0.15) is 0 Å². The molecule has 10 heavy (non-hydrogen) atoms. The highest BCUT2D eigenvalue weighted by molar-refractivity contribution is 5.30. The second-order valence-corrected chi connectivity index (χ2v) is 2.72. The van der Waals surface area contributed by atoms with Crippen LogP contribution < -0.4 is 5.73 Å². The first-order valence-corrected chi connectivity index (χ1v) is 3.56. The molecule has 2 heteroatoms. The fourth-order valence-electron chi connectivity index (χ4n) is 1.46. The Morgan fingerprint density at radius 2 is 2.50 bits per heavy atom. The molecule has 1 aliphatic carbocycles. The van der Waals surface area contributed by atoms with Gasteiger partial charge in [-0.2, -0.15) is 0 Å². The third-order valence-corrected chi connectivity index (χ3v) is 2.07. The molecule has 1 heterocycles. The summed E-state index contributed by atoms with van der Waals surface area (Å²) in [6.07, 6.45) is 5.92. The first kappa shape index (κ1) is 5.86. The minimum Gasteiger partial charge on any atom is -0.324 e. The lowest BCUT2D eigenvalue weighted by atomic mass is 10.1. The molecule has 52 valence electrons. The number of pyridine rings is 1. The molecule has 1 aromatic rings. The highest BCUT2D eigenvalue weighted by Gasteiger charge is 2.17. The monoisotopic (exact) mass is 134 g/mol. The highest BCUT2D eigenvalue weighted by Crippen LogP contribution is 2.27. The molecular formula is C8H10N2. The largest absolute Gasteiger partial charge is 0.324 e. The summed E-state index contributed by atoms with van der Waals surface area (Å²) < 4.78 is 0. The zero-order valence-electron chi connectivity index (χ0n) is 5.75. The van der Waals surface area contributed by atoms with Crippen molar-refractivity contribution in [3.8, 4) is 0 Å². The smallest absolute Gasteiger partial charge is 0.0318 e. The molecule has 0 spiro atoms. The van der Waals surface area contributed by atoms with Gasteiger partial charge in [-0.1, -0.05) is 0 Å². The van der Waals surface area contributed by atoms with Gasteiger partial charge in [-0.05, 0) is 30.0 Å². The average Bonchev–Trinajstić information content (AvgIpc) is 2.34. The van der Waals surface area contributed by atoms with Crippen LogP contribution in [0.4, 0.5) is 0 Å². The molecule has 0 aromatic carbocycles. The van der Waals surface area contributed by atoms with E-state index in [4.69, 9.17) is 5.73 Å². The summed E-state index contributed by atoms with van der Waals surface area (Å²) in [7, 11) is 0. The van der Waals surface area contributed by atoms with Gasteiger partial charge >= 0.3 is 0 Å². The number of hydrogen-bond donors (Lipinski definition) is 1. The maximum absolute atomic E-state index is 5.81. The number of aryl methyl sites for hydroxylation is 1. The van der Waals surface area contributed by atoms with Gasteiger partial charge in [0.2, 0.25) is 0 Å². The molecule has 0 saturated carbocycles. The van der Waals surface area contributed by atoms with E-state index in [-0.39, 0.29) is 6.04 Å². The van der Waals surface area contributed by atoms with Gasteiger partial charge in [0.15, 0.2) is 0 Å². The van der Waals surface area contributed by atoms with Crippen LogP contribution in [0.25, 0.3) is 0 Å². The maximum Gasteiger partial charge on any atom is 0.0318 e. The minimum atomic E-state index is 0.240. The average molecular weight is 134 g/mol. The molecule has 0 amide bonds. The molecule has 1 aromatic heterocycles. The summed E-state index contributed by atoms with van der Waals surface area (Å²) in [5, 5.41) is 0. The molecule has 1 unspecified atom stereocenters. The minimum absolute atomic E-state index is 0.240. The topological polar surface area (TPSA) is 38.9 Å². The summed E-state index contributed by atoms with van der Waals surface area (Å²) in [6.45, 7) is 0. The van der Waals surface area contributed by atoms with Crippen molar-refractivity contribution in [1.82, 2.24) is 4.98 Å². The van der Waals surface area contributed by atoms with Crippen molar-refractivity contribution in [2.75, 3.05) is 0 Å². The van der Waals surface area contributed by atoms with Crippen LogP contribution in [0.1, 0.15) is 23.6 Å². The van der Waals surface area contributed by atoms with E-state index < -0.39 is 0 Å². The van der Waals surface area contributed by atoms with Crippen molar-refractivity contribution >= 4 is 0 Å². The third kappa shape index (κ3) is 0.727. The summed E-state index contributed by atoms with van der Waals surface area (Å²) >= 11 is 0. The Morgan fingerprint density at radius 3 is 3.30 bits per heavy atom. The Kier molecular flexibility index (Phi) is 1.21. The summed E-state index contributed by atoms with van der Waals surface area (Å²) in [5.41, 5.74) is 8.42. The van der Waals surface area contributed by atoms with E-state index >= 15 is 0 Å². The fourth-order valence-corrected chi connectivity index (χ4v) is 1.46. The van der Waals surface area contributed by atoms with Crippen molar-refractivity contribution < 1.29 is 0 Å². The van der Waals surface area contributed by atoms with Crippen LogP contribution in [0, 0.1) is 0 Å². The molecule has 1 atom stereocenters. The Labute approximate surface area is 60.1 Å². The predicted octanol–water partition coefficient (Wildman–Crippen LogP) is 1.03. The van der Waals surface area contributed by atoms with Gasteiger partial charge in [-0.25, -0.2) is 0 Å². The van der Waals surface area contributed by atoms with Gasteiger partial charge < -0.3 is 5.73 Å². The molecule has 2 N–H and O–H groups in total. The second-order valence-electron chi connectivity index (χ2n) is 2.72. The normalized spacial score (nSPS) is 22.7. The Balaban J connectivity index is 2.51. The molecule has 0 radical (unpaired) electrons. The van der Waals surface area contributed by atoms with Crippen LogP contribution in [-0.2, 0) is 6.42 Å². The number of nitrogens with zero attached hydrogens (tertiary/aromatic N) is 1. The molecule has 0 aliphatic heterocycles. The van der Waals surface area contributed by atoms with E-state index in [1.165, 1.54) is 11.1 Å². The number of fused-ring (bicyclic) bond motifs is 1. The van der Waals surface area contributed by atoms with E-state index in [9.17, 15) is 0 Å². The van der Waals surface area contributed by atoms with Crippen LogP contribution in [0.15, 0.2) is 18.5 Å². The molecule has 0 fully saturated rings. The van der Waals surface area contributed by atoms with E-state index in [1.54, 1.807) is 0 Å². The molecular weight excluding hydrogens is 124 g/mol. The van der Waals surface area contributed by atoms with E-state index in [0.717, 1.165) is 12.8 Å². The second kappa shape index (κ2) is 2.06. The number of rotatable bonds is 0. The van der Waals surface area contributed by atoms with Crippen molar-refractivity contribution in [3.63, 3.8) is 0 Å². The number of aromatic nitrogens is 1. The number of hydrogen-bond acceptors (Lipinski definition) is 2. The van der Waals surface area contributed by atoms with Crippen molar-refractivity contribution in [1.29, 1.82) is 0 Å². The highest BCUT2D eigenvalue weighted by atomic mass is 14.7. The summed E-state index contributed by atoms with van der Waals surface area (Å²) in [6, 6.07) is 2.30.